The summed E-state index contributed by atoms with van der Waals surface area (Å²) >= 11 is 0. The summed E-state index contributed by atoms with van der Waals surface area (Å²) in [7, 11) is 0. The van der Waals surface area contributed by atoms with Crippen LogP contribution in [-0.4, -0.2) is 12.5 Å². The molecule has 0 bridgehead atoms. The van der Waals surface area contributed by atoms with E-state index in [1.807, 2.05) is 54.6 Å². The Balaban J connectivity index is 1.83. The average molecular weight is 284 g/mol. The van der Waals surface area contributed by atoms with E-state index in [1.165, 1.54) is 0 Å². The van der Waals surface area contributed by atoms with Gasteiger partial charge in [-0.05, 0) is 42.8 Å². The third-order valence-electron chi connectivity index (χ3n) is 2.99. The maximum atomic E-state index is 11.6. The minimum Gasteiger partial charge on any atom is -0.489 e. The molecule has 2 aromatic carbocycles. The van der Waals surface area contributed by atoms with Crippen LogP contribution in [0.3, 0.4) is 0 Å². The Morgan fingerprint density at radius 2 is 1.76 bits per heavy atom. The molecule has 0 saturated carbocycles. The first kappa shape index (κ1) is 15.1. The van der Waals surface area contributed by atoms with E-state index in [0.717, 1.165) is 17.0 Å². The van der Waals surface area contributed by atoms with Gasteiger partial charge in [-0.3, -0.25) is 4.79 Å². The van der Waals surface area contributed by atoms with Crippen LogP contribution in [0, 0.1) is 0 Å². The molecule has 2 rings (SSSR count). The minimum atomic E-state index is -0.0154. The van der Waals surface area contributed by atoms with Crippen LogP contribution in [0.1, 0.15) is 18.4 Å². The lowest BCUT2D eigenvalue weighted by atomic mass is 10.2. The van der Waals surface area contributed by atoms with Gasteiger partial charge in [0.25, 0.3) is 0 Å². The van der Waals surface area contributed by atoms with E-state index in [9.17, 15) is 4.79 Å². The van der Waals surface area contributed by atoms with Crippen LogP contribution in [0.25, 0.3) is 0 Å². The second kappa shape index (κ2) is 8.07. The van der Waals surface area contributed by atoms with E-state index in [1.54, 1.807) is 0 Å². The molecule has 4 nitrogen and oxygen atoms in total. The molecule has 0 aromatic heterocycles. The maximum absolute atomic E-state index is 11.6. The van der Waals surface area contributed by atoms with Crippen molar-refractivity contribution < 1.29 is 9.53 Å². The van der Waals surface area contributed by atoms with Crippen molar-refractivity contribution in [3.05, 3.63) is 60.2 Å². The van der Waals surface area contributed by atoms with Crippen molar-refractivity contribution >= 4 is 11.6 Å². The topological polar surface area (TPSA) is 64.4 Å². The standard InChI is InChI=1S/C17H20N2O2/c18-12-4-7-17(20)19-15-8-10-16(11-9-15)21-13-14-5-2-1-3-6-14/h1-3,5-6,8-11H,4,7,12-13,18H2,(H,19,20). The SMILES string of the molecule is NCCCC(=O)Nc1ccc(OCc2ccccc2)cc1. The predicted molar refractivity (Wildman–Crippen MR) is 84.1 cm³/mol. The third-order valence-corrected chi connectivity index (χ3v) is 2.99. The van der Waals surface area contributed by atoms with Gasteiger partial charge in [-0.1, -0.05) is 30.3 Å². The number of anilines is 1. The summed E-state index contributed by atoms with van der Waals surface area (Å²) < 4.78 is 5.69. The minimum absolute atomic E-state index is 0.0154. The smallest absolute Gasteiger partial charge is 0.224 e. The van der Waals surface area contributed by atoms with Crippen molar-refractivity contribution in [2.45, 2.75) is 19.4 Å². The summed E-state index contributed by atoms with van der Waals surface area (Å²) in [5, 5.41) is 2.83. The lowest BCUT2D eigenvalue weighted by molar-refractivity contribution is -0.116. The molecule has 110 valence electrons. The van der Waals surface area contributed by atoms with Crippen LogP contribution in [-0.2, 0) is 11.4 Å². The highest BCUT2D eigenvalue weighted by Crippen LogP contribution is 2.17. The molecule has 0 heterocycles. The van der Waals surface area contributed by atoms with Crippen molar-refractivity contribution in [3.8, 4) is 5.75 Å². The van der Waals surface area contributed by atoms with Gasteiger partial charge < -0.3 is 15.8 Å². The van der Waals surface area contributed by atoms with E-state index < -0.39 is 0 Å². The zero-order valence-electron chi connectivity index (χ0n) is 11.9. The molecule has 0 unspecified atom stereocenters. The molecule has 0 aliphatic heterocycles. The number of carbonyl (C=O) groups is 1. The summed E-state index contributed by atoms with van der Waals surface area (Å²) in [5.41, 5.74) is 7.26. The number of rotatable bonds is 7. The van der Waals surface area contributed by atoms with Gasteiger partial charge in [0.05, 0.1) is 0 Å². The molecule has 0 spiro atoms. The fraction of sp³-hybridized carbons (Fsp3) is 0.235. The van der Waals surface area contributed by atoms with Crippen molar-refractivity contribution in [1.82, 2.24) is 0 Å². The number of nitrogens with one attached hydrogen (secondary N) is 1. The maximum Gasteiger partial charge on any atom is 0.224 e. The van der Waals surface area contributed by atoms with Gasteiger partial charge in [-0.15, -0.1) is 0 Å². The largest absolute Gasteiger partial charge is 0.489 e. The fourth-order valence-corrected chi connectivity index (χ4v) is 1.86. The number of amides is 1. The number of carbonyl (C=O) groups excluding carboxylic acids is 1. The van der Waals surface area contributed by atoms with Crippen LogP contribution >= 0.6 is 0 Å². The van der Waals surface area contributed by atoms with Crippen LogP contribution in [0.4, 0.5) is 5.69 Å². The quantitative estimate of drug-likeness (QED) is 0.821. The summed E-state index contributed by atoms with van der Waals surface area (Å²) in [5.74, 6) is 0.761. The summed E-state index contributed by atoms with van der Waals surface area (Å²) in [4.78, 5) is 11.6. The number of ether oxygens (including phenoxy) is 1. The highest BCUT2D eigenvalue weighted by atomic mass is 16.5. The number of hydrogen-bond donors (Lipinski definition) is 2. The highest BCUT2D eigenvalue weighted by Gasteiger charge is 2.02. The third kappa shape index (κ3) is 5.28. The molecule has 0 fully saturated rings. The van der Waals surface area contributed by atoms with E-state index >= 15 is 0 Å². The monoisotopic (exact) mass is 284 g/mol. The number of benzene rings is 2. The molecule has 1 amide bonds. The Hall–Kier alpha value is -2.33. The molecule has 0 aliphatic carbocycles. The van der Waals surface area contributed by atoms with Crippen molar-refractivity contribution in [2.24, 2.45) is 5.73 Å². The first-order valence-corrected chi connectivity index (χ1v) is 7.04. The van der Waals surface area contributed by atoms with Gasteiger partial charge in [-0.2, -0.15) is 0 Å². The van der Waals surface area contributed by atoms with Crippen LogP contribution in [0.5, 0.6) is 5.75 Å². The Morgan fingerprint density at radius 3 is 2.43 bits per heavy atom. The predicted octanol–water partition coefficient (Wildman–Crippen LogP) is 2.94. The van der Waals surface area contributed by atoms with E-state index in [0.29, 0.717) is 26.0 Å². The van der Waals surface area contributed by atoms with Crippen molar-refractivity contribution in [2.75, 3.05) is 11.9 Å². The van der Waals surface area contributed by atoms with Gasteiger partial charge in [0.15, 0.2) is 0 Å². The molecule has 3 N–H and O–H groups in total. The second-order valence-corrected chi connectivity index (χ2v) is 4.74. The lowest BCUT2D eigenvalue weighted by Gasteiger charge is -2.08. The zero-order chi connectivity index (χ0) is 14.9. The molecule has 0 atom stereocenters. The fourth-order valence-electron chi connectivity index (χ4n) is 1.86. The van der Waals surface area contributed by atoms with Gasteiger partial charge in [-0.25, -0.2) is 0 Å². The van der Waals surface area contributed by atoms with Gasteiger partial charge >= 0.3 is 0 Å². The second-order valence-electron chi connectivity index (χ2n) is 4.74. The number of nitrogens with two attached hydrogens (primary N) is 1. The average Bonchev–Trinajstić information content (AvgIpc) is 2.53. The van der Waals surface area contributed by atoms with Crippen molar-refractivity contribution in [3.63, 3.8) is 0 Å². The van der Waals surface area contributed by atoms with E-state index in [4.69, 9.17) is 10.5 Å². The molecule has 2 aromatic rings. The molecule has 0 saturated heterocycles. The number of hydrogen-bond acceptors (Lipinski definition) is 3. The summed E-state index contributed by atoms with van der Waals surface area (Å²) in [6.45, 7) is 1.06. The van der Waals surface area contributed by atoms with Crippen LogP contribution < -0.4 is 15.8 Å². The first-order valence-electron chi connectivity index (χ1n) is 7.04. The molecule has 21 heavy (non-hydrogen) atoms. The Kier molecular flexibility index (Phi) is 5.79. The van der Waals surface area contributed by atoms with Crippen molar-refractivity contribution in [1.29, 1.82) is 0 Å². The Bertz CT molecular complexity index is 553. The van der Waals surface area contributed by atoms with Gasteiger partial charge in [0.1, 0.15) is 12.4 Å². The molecule has 4 heteroatoms. The Labute approximate surface area is 124 Å². The molecule has 0 radical (unpaired) electrons. The Morgan fingerprint density at radius 1 is 1.05 bits per heavy atom. The zero-order valence-corrected chi connectivity index (χ0v) is 11.9. The van der Waals surface area contributed by atoms with Gasteiger partial charge in [0, 0.05) is 12.1 Å². The molecule has 0 aliphatic rings. The summed E-state index contributed by atoms with van der Waals surface area (Å²) in [6.07, 6.45) is 1.15. The van der Waals surface area contributed by atoms with Crippen LogP contribution in [0.15, 0.2) is 54.6 Å². The molecular weight excluding hydrogens is 264 g/mol. The summed E-state index contributed by atoms with van der Waals surface area (Å²) in [6, 6.07) is 17.4. The lowest BCUT2D eigenvalue weighted by Crippen LogP contribution is -2.13. The van der Waals surface area contributed by atoms with E-state index in [2.05, 4.69) is 5.32 Å². The van der Waals surface area contributed by atoms with Gasteiger partial charge in [0.2, 0.25) is 5.91 Å². The normalized spacial score (nSPS) is 10.1. The highest BCUT2D eigenvalue weighted by molar-refractivity contribution is 5.90. The molecular formula is C17H20N2O2. The first-order chi connectivity index (χ1) is 10.3. The van der Waals surface area contributed by atoms with E-state index in [-0.39, 0.29) is 5.91 Å². The van der Waals surface area contributed by atoms with Crippen LogP contribution in [0.2, 0.25) is 0 Å².